The minimum absolute atomic E-state index is 0.0926. The van der Waals surface area contributed by atoms with E-state index in [1.807, 2.05) is 18.5 Å². The van der Waals surface area contributed by atoms with Gasteiger partial charge in [-0.3, -0.25) is 14.7 Å². The molecule has 1 aromatic rings. The third-order valence-electron chi connectivity index (χ3n) is 6.53. The summed E-state index contributed by atoms with van der Waals surface area (Å²) >= 11 is 0. The second-order valence-electron chi connectivity index (χ2n) is 8.67. The van der Waals surface area contributed by atoms with E-state index in [1.165, 1.54) is 5.56 Å². The first-order chi connectivity index (χ1) is 13.1. The first-order valence-corrected chi connectivity index (χ1v) is 10.3. The number of nitrogens with zero attached hydrogens (tertiary/aromatic N) is 3. The van der Waals surface area contributed by atoms with Gasteiger partial charge in [0.05, 0.1) is 17.6 Å². The summed E-state index contributed by atoms with van der Waals surface area (Å²) in [6.45, 7) is 7.38. The zero-order chi connectivity index (χ0) is 18.7. The van der Waals surface area contributed by atoms with Gasteiger partial charge in [-0.25, -0.2) is 0 Å². The average Bonchev–Trinajstić information content (AvgIpc) is 2.70. The molecule has 2 saturated heterocycles. The molecule has 0 N–H and O–H groups in total. The van der Waals surface area contributed by atoms with Gasteiger partial charge in [-0.2, -0.15) is 0 Å². The largest absolute Gasteiger partial charge is 0.372 e. The van der Waals surface area contributed by atoms with Crippen LogP contribution in [0.4, 0.5) is 0 Å². The smallest absolute Gasteiger partial charge is 0.228 e. The predicted molar refractivity (Wildman–Crippen MR) is 105 cm³/mol. The van der Waals surface area contributed by atoms with Gasteiger partial charge < -0.3 is 9.64 Å². The molecule has 1 aromatic heterocycles. The number of piperidine rings is 1. The van der Waals surface area contributed by atoms with Crippen molar-refractivity contribution in [2.75, 3.05) is 32.8 Å². The van der Waals surface area contributed by atoms with Crippen LogP contribution >= 0.6 is 0 Å². The zero-order valence-electron chi connectivity index (χ0n) is 16.4. The molecule has 5 nitrogen and oxygen atoms in total. The van der Waals surface area contributed by atoms with Gasteiger partial charge in [-0.1, -0.05) is 25.1 Å². The summed E-state index contributed by atoms with van der Waals surface area (Å²) in [5.74, 6) is 0.338. The van der Waals surface area contributed by atoms with E-state index < -0.39 is 0 Å². The van der Waals surface area contributed by atoms with Crippen molar-refractivity contribution in [1.29, 1.82) is 0 Å². The molecule has 0 radical (unpaired) electrons. The van der Waals surface area contributed by atoms with E-state index in [0.29, 0.717) is 5.91 Å². The van der Waals surface area contributed by atoms with Gasteiger partial charge >= 0.3 is 0 Å². The van der Waals surface area contributed by atoms with Crippen molar-refractivity contribution >= 4 is 5.91 Å². The number of hydrogen-bond acceptors (Lipinski definition) is 4. The van der Waals surface area contributed by atoms with E-state index in [0.717, 1.165) is 71.4 Å². The lowest BCUT2D eigenvalue weighted by Crippen LogP contribution is -2.58. The second kappa shape index (κ2) is 7.72. The van der Waals surface area contributed by atoms with Crippen molar-refractivity contribution in [2.24, 2.45) is 5.41 Å². The summed E-state index contributed by atoms with van der Waals surface area (Å²) < 4.78 is 6.27. The summed E-state index contributed by atoms with van der Waals surface area (Å²) in [6.07, 6.45) is 12.9. The van der Waals surface area contributed by atoms with Crippen LogP contribution in [0.3, 0.4) is 0 Å². The van der Waals surface area contributed by atoms with Crippen LogP contribution in [0, 0.1) is 5.41 Å². The lowest BCUT2D eigenvalue weighted by Gasteiger charge is -2.48. The Kier molecular flexibility index (Phi) is 5.33. The minimum Gasteiger partial charge on any atom is -0.372 e. The summed E-state index contributed by atoms with van der Waals surface area (Å²) in [4.78, 5) is 21.9. The van der Waals surface area contributed by atoms with Crippen LogP contribution in [0.2, 0.25) is 0 Å². The Labute approximate surface area is 162 Å². The molecule has 27 heavy (non-hydrogen) atoms. The maximum atomic E-state index is 13.1. The predicted octanol–water partition coefficient (Wildman–Crippen LogP) is 3.02. The molecular formula is C22H31N3O2. The fourth-order valence-corrected chi connectivity index (χ4v) is 4.77. The second-order valence-corrected chi connectivity index (χ2v) is 8.67. The standard InChI is InChI=1S/C22H31N3O2/c1-21(7-3-2-4-8-21)20(26)25-12-9-22(10-13-25)18-24(14-15-27-22)17-19-6-5-11-23-16-19/h2-3,5-6,11,16H,4,7-10,12-15,17-18H2,1H3. The highest BCUT2D eigenvalue weighted by Gasteiger charge is 2.43. The van der Waals surface area contributed by atoms with Gasteiger partial charge in [0.15, 0.2) is 0 Å². The number of likely N-dealkylation sites (tertiary alicyclic amines) is 1. The molecular weight excluding hydrogens is 338 g/mol. The van der Waals surface area contributed by atoms with E-state index in [4.69, 9.17) is 4.74 Å². The Morgan fingerprint density at radius 1 is 1.22 bits per heavy atom. The molecule has 2 aliphatic heterocycles. The lowest BCUT2D eigenvalue weighted by atomic mass is 9.77. The van der Waals surface area contributed by atoms with Crippen LogP contribution in [-0.4, -0.2) is 59.1 Å². The normalized spacial score (nSPS) is 28.4. The molecule has 0 saturated carbocycles. The van der Waals surface area contributed by atoms with E-state index in [-0.39, 0.29) is 11.0 Å². The van der Waals surface area contributed by atoms with Gasteiger partial charge in [-0.05, 0) is 43.7 Å². The number of aromatic nitrogens is 1. The van der Waals surface area contributed by atoms with Gasteiger partial charge in [0.25, 0.3) is 0 Å². The maximum Gasteiger partial charge on any atom is 0.228 e. The van der Waals surface area contributed by atoms with Gasteiger partial charge in [0, 0.05) is 45.1 Å². The summed E-state index contributed by atoms with van der Waals surface area (Å²) in [5, 5.41) is 0. The molecule has 1 amide bonds. The van der Waals surface area contributed by atoms with Crippen LogP contribution in [0.15, 0.2) is 36.7 Å². The monoisotopic (exact) mass is 369 g/mol. The van der Waals surface area contributed by atoms with Crippen LogP contribution in [0.5, 0.6) is 0 Å². The Morgan fingerprint density at radius 2 is 2.07 bits per heavy atom. The van der Waals surface area contributed by atoms with Gasteiger partial charge in [0.1, 0.15) is 0 Å². The maximum absolute atomic E-state index is 13.1. The highest BCUT2D eigenvalue weighted by molar-refractivity contribution is 5.82. The van der Waals surface area contributed by atoms with Gasteiger partial charge in [-0.15, -0.1) is 0 Å². The number of rotatable bonds is 3. The molecule has 1 unspecified atom stereocenters. The van der Waals surface area contributed by atoms with Crippen LogP contribution in [0.1, 0.15) is 44.6 Å². The SMILES string of the molecule is CC1(C(=O)N2CCC3(CC2)CN(Cc2cccnc2)CCO3)CC=CCC1. The molecule has 4 rings (SSSR count). The first-order valence-electron chi connectivity index (χ1n) is 10.3. The third-order valence-corrected chi connectivity index (χ3v) is 6.53. The molecule has 0 aromatic carbocycles. The van der Waals surface area contributed by atoms with Crippen molar-refractivity contribution < 1.29 is 9.53 Å². The number of allylic oxidation sites excluding steroid dienone is 2. The van der Waals surface area contributed by atoms with E-state index in [1.54, 1.807) is 0 Å². The third kappa shape index (κ3) is 4.09. The molecule has 1 aliphatic carbocycles. The average molecular weight is 370 g/mol. The van der Waals surface area contributed by atoms with E-state index >= 15 is 0 Å². The molecule has 0 bridgehead atoms. The van der Waals surface area contributed by atoms with Crippen molar-refractivity contribution in [2.45, 2.75) is 51.2 Å². The number of pyridine rings is 1. The van der Waals surface area contributed by atoms with Crippen LogP contribution in [0.25, 0.3) is 0 Å². The Hall–Kier alpha value is -1.72. The Balaban J connectivity index is 1.35. The topological polar surface area (TPSA) is 45.7 Å². The molecule has 3 aliphatic rings. The lowest BCUT2D eigenvalue weighted by molar-refractivity contribution is -0.158. The highest BCUT2D eigenvalue weighted by atomic mass is 16.5. The van der Waals surface area contributed by atoms with E-state index in [9.17, 15) is 4.79 Å². The summed E-state index contributed by atoms with van der Waals surface area (Å²) in [6, 6.07) is 4.13. The fourth-order valence-electron chi connectivity index (χ4n) is 4.77. The van der Waals surface area contributed by atoms with Crippen molar-refractivity contribution in [3.8, 4) is 0 Å². The molecule has 146 valence electrons. The molecule has 3 heterocycles. The van der Waals surface area contributed by atoms with Gasteiger partial charge in [0.2, 0.25) is 5.91 Å². The van der Waals surface area contributed by atoms with Crippen molar-refractivity contribution in [3.05, 3.63) is 42.2 Å². The molecule has 1 atom stereocenters. The van der Waals surface area contributed by atoms with Crippen LogP contribution < -0.4 is 0 Å². The van der Waals surface area contributed by atoms with E-state index in [2.05, 4.69) is 39.9 Å². The van der Waals surface area contributed by atoms with Crippen LogP contribution in [-0.2, 0) is 16.1 Å². The van der Waals surface area contributed by atoms with Crippen molar-refractivity contribution in [1.82, 2.24) is 14.8 Å². The zero-order valence-corrected chi connectivity index (χ0v) is 16.4. The Morgan fingerprint density at radius 3 is 2.78 bits per heavy atom. The highest BCUT2D eigenvalue weighted by Crippen LogP contribution is 2.37. The molecule has 1 spiro atoms. The summed E-state index contributed by atoms with van der Waals surface area (Å²) in [7, 11) is 0. The fraction of sp³-hybridized carbons (Fsp3) is 0.636. The number of morpholine rings is 1. The molecule has 2 fully saturated rings. The molecule has 5 heteroatoms. The Bertz CT molecular complexity index is 682. The number of amides is 1. The summed E-state index contributed by atoms with van der Waals surface area (Å²) in [5.41, 5.74) is 0.948. The number of carbonyl (C=O) groups excluding carboxylic acids is 1. The first kappa shape index (κ1) is 18.6. The number of carbonyl (C=O) groups is 1. The minimum atomic E-state index is -0.209. The quantitative estimate of drug-likeness (QED) is 0.769. The number of hydrogen-bond donors (Lipinski definition) is 0. The van der Waals surface area contributed by atoms with Crippen molar-refractivity contribution in [3.63, 3.8) is 0 Å². The number of ether oxygens (including phenoxy) is 1.